The van der Waals surface area contributed by atoms with Crippen molar-refractivity contribution >= 4 is 37.6 Å². The second kappa shape index (κ2) is 3.27. The average molecular weight is 324 g/mol. The second-order valence-electron chi connectivity index (χ2n) is 3.41. The molecule has 0 aromatic heterocycles. The van der Waals surface area contributed by atoms with Crippen molar-refractivity contribution in [1.29, 1.82) is 0 Å². The zero-order valence-corrected chi connectivity index (χ0v) is 10.6. The summed E-state index contributed by atoms with van der Waals surface area (Å²) in [5, 5.41) is 9.15. The fraction of sp³-hybridized carbons (Fsp3) is 0.444. The lowest BCUT2D eigenvalue weighted by atomic mass is 9.97. The number of ether oxygens (including phenoxy) is 1. The van der Waals surface area contributed by atoms with E-state index in [4.69, 9.17) is 9.84 Å². The summed E-state index contributed by atoms with van der Waals surface area (Å²) in [7, 11) is 0. The molecule has 5 heteroatoms. The maximum absolute atomic E-state index is 11.6. The number of ketones is 1. The Morgan fingerprint density at radius 1 is 1.64 bits per heavy atom. The number of fused-ring (bicyclic) bond motifs is 2. The van der Waals surface area contributed by atoms with Crippen LogP contribution in [0.15, 0.2) is 20.6 Å². The molecule has 0 amide bonds. The Morgan fingerprint density at radius 3 is 2.86 bits per heavy atom. The third-order valence-electron chi connectivity index (χ3n) is 2.58. The SMILES string of the molecule is C[C@]12O[C@H](C=C1CO)C(=O)C(Br)=C2Br. The minimum atomic E-state index is -0.688. The number of halogens is 2. The first-order chi connectivity index (χ1) is 6.50. The van der Waals surface area contributed by atoms with Gasteiger partial charge in [0.15, 0.2) is 0 Å². The maximum Gasteiger partial charge on any atom is 0.203 e. The molecule has 2 rings (SSSR count). The van der Waals surface area contributed by atoms with Crippen LogP contribution in [-0.2, 0) is 9.53 Å². The highest BCUT2D eigenvalue weighted by molar-refractivity contribution is 9.14. The first kappa shape index (κ1) is 10.5. The third-order valence-corrected chi connectivity index (χ3v) is 5.06. The van der Waals surface area contributed by atoms with Crippen molar-refractivity contribution in [1.82, 2.24) is 0 Å². The Labute approximate surface area is 98.1 Å². The van der Waals surface area contributed by atoms with Crippen LogP contribution in [0.4, 0.5) is 0 Å². The van der Waals surface area contributed by atoms with Crippen molar-refractivity contribution in [3.63, 3.8) is 0 Å². The number of carbonyl (C=O) groups excluding carboxylic acids is 1. The van der Waals surface area contributed by atoms with Crippen LogP contribution in [0, 0.1) is 0 Å². The smallest absolute Gasteiger partial charge is 0.203 e. The highest BCUT2D eigenvalue weighted by Gasteiger charge is 2.48. The van der Waals surface area contributed by atoms with Gasteiger partial charge >= 0.3 is 0 Å². The number of aliphatic hydroxyl groups excluding tert-OH is 1. The van der Waals surface area contributed by atoms with Crippen LogP contribution in [0.5, 0.6) is 0 Å². The molecule has 0 saturated heterocycles. The standard InChI is InChI=1S/C9H8Br2O3/c1-9-4(3-12)2-5(14-9)7(13)6(10)8(9)11/h2,5,12H,3H2,1H3/t5-,9+/m1/s1. The summed E-state index contributed by atoms with van der Waals surface area (Å²) in [6.45, 7) is 1.72. The van der Waals surface area contributed by atoms with Crippen molar-refractivity contribution in [2.24, 2.45) is 0 Å². The summed E-state index contributed by atoms with van der Waals surface area (Å²) in [6, 6.07) is 0. The van der Waals surface area contributed by atoms with Crippen LogP contribution in [0.3, 0.4) is 0 Å². The maximum atomic E-state index is 11.6. The van der Waals surface area contributed by atoms with Gasteiger partial charge in [0.2, 0.25) is 5.78 Å². The van der Waals surface area contributed by atoms with Gasteiger partial charge in [-0.25, -0.2) is 0 Å². The highest BCUT2D eigenvalue weighted by atomic mass is 79.9. The van der Waals surface area contributed by atoms with E-state index in [1.54, 1.807) is 6.08 Å². The van der Waals surface area contributed by atoms with E-state index in [-0.39, 0.29) is 12.4 Å². The Morgan fingerprint density at radius 2 is 2.29 bits per heavy atom. The molecule has 2 aliphatic heterocycles. The summed E-state index contributed by atoms with van der Waals surface area (Å²) in [5.41, 5.74) is 0.0313. The Hall–Kier alpha value is 0.0300. The van der Waals surface area contributed by atoms with Crippen molar-refractivity contribution in [3.8, 4) is 0 Å². The lowest BCUT2D eigenvalue weighted by molar-refractivity contribution is -0.128. The Kier molecular flexibility index (Phi) is 2.46. The van der Waals surface area contributed by atoms with E-state index in [9.17, 15) is 4.79 Å². The molecule has 2 aliphatic rings. The van der Waals surface area contributed by atoms with E-state index in [1.807, 2.05) is 6.92 Å². The van der Waals surface area contributed by atoms with Crippen molar-refractivity contribution < 1.29 is 14.6 Å². The molecule has 0 aliphatic carbocycles. The molecule has 0 fully saturated rings. The number of aliphatic hydroxyl groups is 1. The van der Waals surface area contributed by atoms with Crippen LogP contribution >= 0.6 is 31.9 Å². The molecular weight excluding hydrogens is 316 g/mol. The minimum Gasteiger partial charge on any atom is -0.392 e. The fourth-order valence-corrected chi connectivity index (χ4v) is 2.82. The fourth-order valence-electron chi connectivity index (χ4n) is 1.67. The second-order valence-corrected chi connectivity index (χ2v) is 5.00. The Bertz CT molecular complexity index is 372. The average Bonchev–Trinajstić information content (AvgIpc) is 2.49. The van der Waals surface area contributed by atoms with Gasteiger partial charge in [-0.1, -0.05) is 15.9 Å². The lowest BCUT2D eigenvalue weighted by Gasteiger charge is -2.32. The van der Waals surface area contributed by atoms with E-state index < -0.39 is 11.7 Å². The van der Waals surface area contributed by atoms with Gasteiger partial charge in [0, 0.05) is 4.48 Å². The Balaban J connectivity index is 2.57. The first-order valence-corrected chi connectivity index (χ1v) is 5.69. The monoisotopic (exact) mass is 322 g/mol. The van der Waals surface area contributed by atoms with Crippen LogP contribution in [0.25, 0.3) is 0 Å². The molecule has 0 saturated carbocycles. The van der Waals surface area contributed by atoms with Crippen LogP contribution in [0.2, 0.25) is 0 Å². The number of hydrogen-bond donors (Lipinski definition) is 1. The molecule has 1 N–H and O–H groups in total. The summed E-state index contributed by atoms with van der Waals surface area (Å²) in [6.07, 6.45) is 1.12. The van der Waals surface area contributed by atoms with Gasteiger partial charge in [0.05, 0.1) is 11.1 Å². The molecule has 2 bridgehead atoms. The molecule has 2 atom stereocenters. The van der Waals surface area contributed by atoms with Crippen LogP contribution < -0.4 is 0 Å². The van der Waals surface area contributed by atoms with Crippen molar-refractivity contribution in [2.45, 2.75) is 18.6 Å². The van der Waals surface area contributed by atoms with Gasteiger partial charge in [-0.15, -0.1) is 0 Å². The normalized spacial score (nSPS) is 36.4. The van der Waals surface area contributed by atoms with Gasteiger partial charge in [0.25, 0.3) is 0 Å². The number of Topliss-reactive ketones (excluding diaryl/α,β-unsaturated/α-hetero) is 1. The van der Waals surface area contributed by atoms with E-state index >= 15 is 0 Å². The zero-order chi connectivity index (χ0) is 10.5. The first-order valence-electron chi connectivity index (χ1n) is 4.10. The van der Waals surface area contributed by atoms with Crippen LogP contribution in [-0.4, -0.2) is 29.2 Å². The van der Waals surface area contributed by atoms with Crippen LogP contribution in [0.1, 0.15) is 6.92 Å². The van der Waals surface area contributed by atoms with Crippen molar-refractivity contribution in [2.75, 3.05) is 6.61 Å². The molecule has 0 spiro atoms. The van der Waals surface area contributed by atoms with E-state index in [0.29, 0.717) is 8.96 Å². The molecule has 2 heterocycles. The largest absolute Gasteiger partial charge is 0.392 e. The number of rotatable bonds is 1. The molecule has 0 unspecified atom stereocenters. The van der Waals surface area contributed by atoms with Gasteiger partial charge in [-0.05, 0) is 34.5 Å². The third kappa shape index (κ3) is 1.19. The number of hydrogen-bond acceptors (Lipinski definition) is 3. The molecule has 0 radical (unpaired) electrons. The molecule has 14 heavy (non-hydrogen) atoms. The predicted molar refractivity (Wildman–Crippen MR) is 58.3 cm³/mol. The molecule has 0 aromatic carbocycles. The topological polar surface area (TPSA) is 46.5 Å². The van der Waals surface area contributed by atoms with E-state index in [2.05, 4.69) is 31.9 Å². The molecule has 76 valence electrons. The highest BCUT2D eigenvalue weighted by Crippen LogP contribution is 2.47. The lowest BCUT2D eigenvalue weighted by Crippen LogP contribution is -2.38. The van der Waals surface area contributed by atoms with Gasteiger partial charge < -0.3 is 9.84 Å². The molecular formula is C9H8Br2O3. The molecule has 3 nitrogen and oxygen atoms in total. The summed E-state index contributed by atoms with van der Waals surface area (Å²) < 4.78 is 6.69. The van der Waals surface area contributed by atoms with E-state index in [1.165, 1.54) is 0 Å². The van der Waals surface area contributed by atoms with E-state index in [0.717, 1.165) is 5.57 Å². The summed E-state index contributed by atoms with van der Waals surface area (Å²) in [5.74, 6) is -0.113. The van der Waals surface area contributed by atoms with Gasteiger partial charge in [-0.2, -0.15) is 0 Å². The summed E-state index contributed by atoms with van der Waals surface area (Å²) in [4.78, 5) is 11.6. The van der Waals surface area contributed by atoms with Gasteiger partial charge in [-0.3, -0.25) is 4.79 Å². The zero-order valence-electron chi connectivity index (χ0n) is 7.38. The van der Waals surface area contributed by atoms with Crippen molar-refractivity contribution in [3.05, 3.63) is 20.6 Å². The molecule has 0 aromatic rings. The van der Waals surface area contributed by atoms with Gasteiger partial charge in [0.1, 0.15) is 11.7 Å². The quantitative estimate of drug-likeness (QED) is 0.746. The predicted octanol–water partition coefficient (Wildman–Crippen LogP) is 1.65. The summed E-state index contributed by atoms with van der Waals surface area (Å²) >= 11 is 6.54. The number of carbonyl (C=O) groups is 1. The minimum absolute atomic E-state index is 0.102.